The molecule has 0 radical (unpaired) electrons. The molecule has 0 saturated carbocycles. The Labute approximate surface area is 265 Å². The first kappa shape index (κ1) is 34.7. The minimum absolute atomic E-state index is 0.0300. The molecular weight excluding hydrogens is 688 g/mol. The molecule has 0 aliphatic carbocycles. The van der Waals surface area contributed by atoms with E-state index in [9.17, 15) is 17.1 Å². The highest BCUT2D eigenvalue weighted by molar-refractivity contribution is 7.86. The van der Waals surface area contributed by atoms with Gasteiger partial charge in [0.25, 0.3) is 5.91 Å². The van der Waals surface area contributed by atoms with Crippen molar-refractivity contribution in [2.75, 3.05) is 16.8 Å². The summed E-state index contributed by atoms with van der Waals surface area (Å²) < 4.78 is 73.3. The fourth-order valence-electron chi connectivity index (χ4n) is 3.65. The number of nitrogen functional groups attached to an aromatic ring is 2. The van der Waals surface area contributed by atoms with Crippen LogP contribution in [-0.2, 0) is 27.2 Å². The number of aromatic nitrogens is 2. The van der Waals surface area contributed by atoms with Crippen LogP contribution in [-0.4, -0.2) is 41.8 Å². The number of nitrogens with two attached hydrogens (primary N) is 2. The van der Waals surface area contributed by atoms with E-state index >= 15 is 0 Å². The van der Waals surface area contributed by atoms with Gasteiger partial charge in [-0.3, -0.25) is 13.9 Å². The molecule has 0 spiro atoms. The van der Waals surface area contributed by atoms with Crippen LogP contribution < -0.4 is 21.5 Å². The number of rotatable bonds is 7. The third-order valence-electron chi connectivity index (χ3n) is 5.52. The number of carbonyl (C=O) groups is 1. The Kier molecular flexibility index (Phi) is 11.0. The van der Waals surface area contributed by atoms with Crippen LogP contribution in [0.2, 0.25) is 15.1 Å². The summed E-state index contributed by atoms with van der Waals surface area (Å²) in [5.41, 5.74) is 14.2. The molecule has 1 heterocycles. The first-order valence-corrected chi connectivity index (χ1v) is 15.6. The predicted molar refractivity (Wildman–Crippen MR) is 164 cm³/mol. The van der Waals surface area contributed by atoms with Crippen molar-refractivity contribution in [2.24, 2.45) is 0 Å². The molecule has 0 aliphatic rings. The third kappa shape index (κ3) is 9.62. The molecule has 0 bridgehead atoms. The van der Waals surface area contributed by atoms with Crippen molar-refractivity contribution >= 4 is 78.8 Å². The first-order chi connectivity index (χ1) is 20.3. The van der Waals surface area contributed by atoms with Crippen LogP contribution in [0, 0.1) is 6.92 Å². The van der Waals surface area contributed by atoms with Gasteiger partial charge in [-0.25, -0.2) is 4.98 Å². The highest BCUT2D eigenvalue weighted by Crippen LogP contribution is 2.34. The highest BCUT2D eigenvalue weighted by Gasteiger charge is 2.19. The van der Waals surface area contributed by atoms with E-state index in [4.69, 9.17) is 68.5 Å². The van der Waals surface area contributed by atoms with Crippen LogP contribution in [0.3, 0.4) is 0 Å². The Morgan fingerprint density at radius 1 is 0.932 bits per heavy atom. The number of aryl methyl sites for hydroxylation is 1. The number of benzene rings is 3. The SMILES string of the molecule is Cc1cc(OCc2nc(N)nc(N)c2-c2ccc(Cl)c(Cl)c2)ccc1NC(=O)c1cc(S(=O)(=O)F)ccc1Cl.O=S(=O)(O)O. The number of hydrogen-bond acceptors (Lipinski definition) is 10. The number of ether oxygens (including phenoxy) is 1. The summed E-state index contributed by atoms with van der Waals surface area (Å²) in [6, 6.07) is 12.8. The van der Waals surface area contributed by atoms with Crippen molar-refractivity contribution in [1.82, 2.24) is 9.97 Å². The lowest BCUT2D eigenvalue weighted by Gasteiger charge is -2.15. The van der Waals surface area contributed by atoms with Crippen LogP contribution in [0.15, 0.2) is 59.5 Å². The number of hydrogen-bond donors (Lipinski definition) is 5. The maximum absolute atomic E-state index is 13.4. The first-order valence-electron chi connectivity index (χ1n) is 11.7. The number of nitrogens with one attached hydrogen (secondary N) is 1. The van der Waals surface area contributed by atoms with E-state index in [1.54, 1.807) is 43.3 Å². The molecule has 0 unspecified atom stereocenters. The molecule has 0 aliphatic heterocycles. The van der Waals surface area contributed by atoms with E-state index in [1.807, 2.05) is 0 Å². The molecule has 0 atom stereocenters. The average Bonchev–Trinajstić information content (AvgIpc) is 2.89. The lowest BCUT2D eigenvalue weighted by Crippen LogP contribution is -2.14. The Bertz CT molecular complexity index is 1960. The summed E-state index contributed by atoms with van der Waals surface area (Å²) in [6.45, 7) is 1.69. The number of halogens is 4. The maximum Gasteiger partial charge on any atom is 0.394 e. The zero-order valence-electron chi connectivity index (χ0n) is 22.1. The van der Waals surface area contributed by atoms with Gasteiger partial charge in [0.1, 0.15) is 18.2 Å². The minimum atomic E-state index is -5.01. The van der Waals surface area contributed by atoms with Crippen LogP contribution in [0.1, 0.15) is 21.6 Å². The van der Waals surface area contributed by atoms with Gasteiger partial charge >= 0.3 is 20.6 Å². The van der Waals surface area contributed by atoms with E-state index in [0.29, 0.717) is 43.9 Å². The second-order valence-corrected chi connectivity index (χ2v) is 12.1. The average molecular weight is 709 g/mol. The molecule has 1 amide bonds. The van der Waals surface area contributed by atoms with E-state index in [1.165, 1.54) is 0 Å². The molecule has 4 rings (SSSR count). The Balaban J connectivity index is 0.000000978. The van der Waals surface area contributed by atoms with Crippen LogP contribution in [0.25, 0.3) is 11.1 Å². The smallest absolute Gasteiger partial charge is 0.394 e. The molecule has 0 saturated heterocycles. The zero-order valence-corrected chi connectivity index (χ0v) is 26.0. The summed E-state index contributed by atoms with van der Waals surface area (Å²) in [6.07, 6.45) is 0. The Morgan fingerprint density at radius 3 is 2.16 bits per heavy atom. The zero-order chi connectivity index (χ0) is 33.0. The number of nitrogens with zero attached hydrogens (tertiary/aromatic N) is 2. The van der Waals surface area contributed by atoms with E-state index < -0.39 is 31.4 Å². The Hall–Kier alpha value is -3.77. The summed E-state index contributed by atoms with van der Waals surface area (Å²) in [5, 5.41) is 3.28. The largest absolute Gasteiger partial charge is 0.487 e. The minimum Gasteiger partial charge on any atom is -0.487 e. The van der Waals surface area contributed by atoms with E-state index in [0.717, 1.165) is 18.2 Å². The van der Waals surface area contributed by atoms with Crippen LogP contribution >= 0.6 is 34.8 Å². The van der Waals surface area contributed by atoms with Gasteiger partial charge < -0.3 is 21.5 Å². The molecule has 234 valence electrons. The monoisotopic (exact) mass is 707 g/mol. The predicted octanol–water partition coefficient (Wildman–Crippen LogP) is 5.41. The van der Waals surface area contributed by atoms with Crippen molar-refractivity contribution in [3.8, 4) is 16.9 Å². The molecule has 13 nitrogen and oxygen atoms in total. The number of amides is 1. The maximum atomic E-state index is 13.4. The van der Waals surface area contributed by atoms with E-state index in [-0.39, 0.29) is 29.0 Å². The van der Waals surface area contributed by atoms with Gasteiger partial charge in [-0.1, -0.05) is 40.9 Å². The lowest BCUT2D eigenvalue weighted by molar-refractivity contribution is 0.102. The fraction of sp³-hybridized carbons (Fsp3) is 0.0800. The molecule has 1 aromatic heterocycles. The third-order valence-corrected chi connectivity index (χ3v) is 7.41. The molecule has 19 heteroatoms. The van der Waals surface area contributed by atoms with Gasteiger partial charge in [-0.2, -0.15) is 21.8 Å². The highest BCUT2D eigenvalue weighted by atomic mass is 35.5. The summed E-state index contributed by atoms with van der Waals surface area (Å²) >= 11 is 18.2. The van der Waals surface area contributed by atoms with Gasteiger partial charge in [0.15, 0.2) is 0 Å². The normalized spacial score (nSPS) is 11.3. The fourth-order valence-corrected chi connectivity index (χ4v) is 4.65. The molecular formula is C25H21Cl3FN5O8S2. The van der Waals surface area contributed by atoms with Gasteiger partial charge in [-0.05, 0) is 66.6 Å². The van der Waals surface area contributed by atoms with Crippen molar-refractivity contribution in [3.63, 3.8) is 0 Å². The second-order valence-electron chi connectivity index (χ2n) is 8.66. The van der Waals surface area contributed by atoms with E-state index in [2.05, 4.69) is 15.3 Å². The lowest BCUT2D eigenvalue weighted by atomic mass is 10.0. The van der Waals surface area contributed by atoms with Crippen molar-refractivity contribution in [3.05, 3.63) is 86.5 Å². The topological polar surface area (TPSA) is 225 Å². The summed E-state index contributed by atoms with van der Waals surface area (Å²) in [7, 11) is -9.68. The van der Waals surface area contributed by atoms with Gasteiger partial charge in [0.2, 0.25) is 5.95 Å². The number of carbonyl (C=O) groups excluding carboxylic acids is 1. The molecule has 7 N–H and O–H groups in total. The van der Waals surface area contributed by atoms with Gasteiger partial charge in [-0.15, -0.1) is 3.89 Å². The second kappa shape index (κ2) is 13.9. The molecule has 4 aromatic rings. The molecule has 0 fully saturated rings. The Morgan fingerprint density at radius 2 is 1.57 bits per heavy atom. The summed E-state index contributed by atoms with van der Waals surface area (Å²) in [4.78, 5) is 20.4. The molecule has 3 aromatic carbocycles. The van der Waals surface area contributed by atoms with Crippen molar-refractivity contribution < 1.29 is 39.4 Å². The summed E-state index contributed by atoms with van der Waals surface area (Å²) in [5.74, 6) is -0.185. The number of anilines is 3. The quantitative estimate of drug-likeness (QED) is 0.120. The van der Waals surface area contributed by atoms with Gasteiger partial charge in [0.05, 0.1) is 31.2 Å². The van der Waals surface area contributed by atoms with Crippen LogP contribution in [0.5, 0.6) is 5.75 Å². The molecule has 44 heavy (non-hydrogen) atoms. The van der Waals surface area contributed by atoms with Gasteiger partial charge in [0, 0.05) is 11.3 Å². The van der Waals surface area contributed by atoms with Crippen LogP contribution in [0.4, 0.5) is 21.3 Å². The standard InChI is InChI=1S/C25H19Cl3FN5O4S.H2O4S/c1-12-8-14(3-7-20(12)32-24(35)16-10-15(39(29,36)37)4-6-17(16)26)38-11-21-22(23(30)34-25(31)33-21)13-2-5-18(27)19(28)9-13;1-5(2,3)4/h2-10H,11H2,1H3,(H,32,35)(H4,30,31,33,34);(H2,1,2,3,4). The van der Waals surface area contributed by atoms with Crippen molar-refractivity contribution in [2.45, 2.75) is 18.4 Å². The van der Waals surface area contributed by atoms with Crippen molar-refractivity contribution in [1.29, 1.82) is 0 Å².